The number of aryl methyl sites for hydroxylation is 2. The van der Waals surface area contributed by atoms with E-state index in [0.717, 1.165) is 37.9 Å². The molecule has 5 heteroatoms. The number of carbonyl (C=O) groups is 1. The zero-order valence-corrected chi connectivity index (χ0v) is 14.4. The van der Waals surface area contributed by atoms with Crippen LogP contribution in [0.15, 0.2) is 40.9 Å². The minimum absolute atomic E-state index is 0.125. The average Bonchev–Trinajstić information content (AvgIpc) is 2.79. The van der Waals surface area contributed by atoms with E-state index >= 15 is 0 Å². The number of anilines is 1. The third kappa shape index (κ3) is 3.29. The number of hydrogen-bond donors (Lipinski definition) is 2. The lowest BCUT2D eigenvalue weighted by Gasteiger charge is -2.07. The molecule has 0 spiro atoms. The second kappa shape index (κ2) is 6.16. The first kappa shape index (κ1) is 15.7. The van der Waals surface area contributed by atoms with Crippen LogP contribution in [0.25, 0.3) is 10.9 Å². The third-order valence-electron chi connectivity index (χ3n) is 3.86. The van der Waals surface area contributed by atoms with Gasteiger partial charge < -0.3 is 10.3 Å². The van der Waals surface area contributed by atoms with Gasteiger partial charge >= 0.3 is 0 Å². The Morgan fingerprint density at radius 1 is 1.22 bits per heavy atom. The summed E-state index contributed by atoms with van der Waals surface area (Å²) in [5, 5.41) is 3.64. The second-order valence-electron chi connectivity index (χ2n) is 5.61. The van der Waals surface area contributed by atoms with Crippen molar-refractivity contribution in [1.82, 2.24) is 4.98 Å². The maximum atomic E-state index is 13.5. The van der Waals surface area contributed by atoms with Gasteiger partial charge in [0.1, 0.15) is 5.82 Å². The van der Waals surface area contributed by atoms with Crippen LogP contribution >= 0.6 is 15.9 Å². The zero-order valence-electron chi connectivity index (χ0n) is 12.8. The van der Waals surface area contributed by atoms with Gasteiger partial charge in [0.05, 0.1) is 6.42 Å². The molecule has 3 rings (SSSR count). The van der Waals surface area contributed by atoms with E-state index in [2.05, 4.69) is 26.2 Å². The van der Waals surface area contributed by atoms with Gasteiger partial charge in [0.25, 0.3) is 0 Å². The lowest BCUT2D eigenvalue weighted by molar-refractivity contribution is -0.115. The monoisotopic (exact) mass is 374 g/mol. The fourth-order valence-corrected chi connectivity index (χ4v) is 2.92. The fourth-order valence-electron chi connectivity index (χ4n) is 2.67. The Labute approximate surface area is 142 Å². The van der Waals surface area contributed by atoms with Gasteiger partial charge in [-0.25, -0.2) is 4.39 Å². The van der Waals surface area contributed by atoms with E-state index in [4.69, 9.17) is 0 Å². The molecule has 23 heavy (non-hydrogen) atoms. The van der Waals surface area contributed by atoms with Crippen molar-refractivity contribution < 1.29 is 9.18 Å². The Kier molecular flexibility index (Phi) is 4.22. The van der Waals surface area contributed by atoms with Crippen LogP contribution in [0.2, 0.25) is 0 Å². The molecule has 0 radical (unpaired) electrons. The van der Waals surface area contributed by atoms with Crippen LogP contribution < -0.4 is 5.32 Å². The first-order valence-electron chi connectivity index (χ1n) is 7.27. The van der Waals surface area contributed by atoms with E-state index in [0.29, 0.717) is 0 Å². The van der Waals surface area contributed by atoms with Gasteiger partial charge in [0.2, 0.25) is 5.91 Å². The van der Waals surface area contributed by atoms with E-state index in [1.165, 1.54) is 12.1 Å². The quantitative estimate of drug-likeness (QED) is 0.674. The summed E-state index contributed by atoms with van der Waals surface area (Å²) in [7, 11) is 0. The highest BCUT2D eigenvalue weighted by Gasteiger charge is 2.13. The van der Waals surface area contributed by atoms with Crippen LogP contribution in [0.1, 0.15) is 16.8 Å². The van der Waals surface area contributed by atoms with Crippen LogP contribution in [0.4, 0.5) is 10.1 Å². The van der Waals surface area contributed by atoms with Crippen molar-refractivity contribution in [1.29, 1.82) is 0 Å². The molecule has 0 saturated heterocycles. The molecule has 2 aromatic carbocycles. The van der Waals surface area contributed by atoms with Crippen molar-refractivity contribution in [2.24, 2.45) is 0 Å². The molecule has 1 aromatic heterocycles. The number of benzene rings is 2. The van der Waals surface area contributed by atoms with E-state index in [9.17, 15) is 9.18 Å². The Morgan fingerprint density at radius 2 is 2.00 bits per heavy atom. The summed E-state index contributed by atoms with van der Waals surface area (Å²) in [4.78, 5) is 15.5. The SMILES string of the molecule is Cc1cc(NC(=O)Cc2c(C)[nH]c3ccc(F)cc23)ccc1Br. The molecule has 3 aromatic rings. The summed E-state index contributed by atoms with van der Waals surface area (Å²) < 4.78 is 14.5. The molecule has 0 aliphatic rings. The Morgan fingerprint density at radius 3 is 2.74 bits per heavy atom. The van der Waals surface area contributed by atoms with Gasteiger partial charge in [-0.3, -0.25) is 4.79 Å². The number of carbonyl (C=O) groups excluding carboxylic acids is 1. The van der Waals surface area contributed by atoms with Gasteiger partial charge in [-0.05, 0) is 61.4 Å². The largest absolute Gasteiger partial charge is 0.358 e. The minimum Gasteiger partial charge on any atom is -0.358 e. The number of aromatic nitrogens is 1. The predicted molar refractivity (Wildman–Crippen MR) is 94.2 cm³/mol. The molecular formula is C18H16BrFN2O. The van der Waals surface area contributed by atoms with E-state index in [1.807, 2.05) is 32.0 Å². The summed E-state index contributed by atoms with van der Waals surface area (Å²) >= 11 is 3.44. The molecule has 0 saturated carbocycles. The molecule has 2 N–H and O–H groups in total. The first-order valence-corrected chi connectivity index (χ1v) is 8.06. The number of hydrogen-bond acceptors (Lipinski definition) is 1. The lowest BCUT2D eigenvalue weighted by Crippen LogP contribution is -2.14. The Balaban J connectivity index is 1.84. The molecule has 0 fully saturated rings. The smallest absolute Gasteiger partial charge is 0.228 e. The summed E-state index contributed by atoms with van der Waals surface area (Å²) in [5.41, 5.74) is 4.34. The molecule has 118 valence electrons. The number of nitrogens with one attached hydrogen (secondary N) is 2. The average molecular weight is 375 g/mol. The van der Waals surface area contributed by atoms with Gasteiger partial charge in [0, 0.05) is 26.8 Å². The second-order valence-corrected chi connectivity index (χ2v) is 6.46. The summed E-state index contributed by atoms with van der Waals surface area (Å²) in [5.74, 6) is -0.429. The summed E-state index contributed by atoms with van der Waals surface area (Å²) in [6.07, 6.45) is 0.199. The van der Waals surface area contributed by atoms with Crippen molar-refractivity contribution >= 4 is 38.4 Å². The number of rotatable bonds is 3. The highest BCUT2D eigenvalue weighted by molar-refractivity contribution is 9.10. The number of halogens is 2. The maximum Gasteiger partial charge on any atom is 0.228 e. The molecule has 1 heterocycles. The van der Waals surface area contributed by atoms with Crippen molar-refractivity contribution in [3.8, 4) is 0 Å². The van der Waals surface area contributed by atoms with Crippen LogP contribution in [-0.4, -0.2) is 10.9 Å². The van der Waals surface area contributed by atoms with Crippen molar-refractivity contribution in [2.45, 2.75) is 20.3 Å². The number of H-pyrrole nitrogens is 1. The molecule has 0 aliphatic carbocycles. The van der Waals surface area contributed by atoms with Crippen LogP contribution in [0.3, 0.4) is 0 Å². The van der Waals surface area contributed by atoms with Gasteiger partial charge in [0.15, 0.2) is 0 Å². The fraction of sp³-hybridized carbons (Fsp3) is 0.167. The predicted octanol–water partition coefficient (Wildman–Crippen LogP) is 4.87. The number of aromatic amines is 1. The van der Waals surface area contributed by atoms with Crippen molar-refractivity contribution in [2.75, 3.05) is 5.32 Å². The van der Waals surface area contributed by atoms with Crippen LogP contribution in [-0.2, 0) is 11.2 Å². The van der Waals surface area contributed by atoms with Crippen molar-refractivity contribution in [3.05, 3.63) is 63.5 Å². The highest BCUT2D eigenvalue weighted by Crippen LogP contribution is 2.24. The number of fused-ring (bicyclic) bond motifs is 1. The highest BCUT2D eigenvalue weighted by atomic mass is 79.9. The van der Waals surface area contributed by atoms with Crippen LogP contribution in [0.5, 0.6) is 0 Å². The number of amides is 1. The van der Waals surface area contributed by atoms with Crippen LogP contribution in [0, 0.1) is 19.7 Å². The molecule has 0 unspecified atom stereocenters. The van der Waals surface area contributed by atoms with Crippen molar-refractivity contribution in [3.63, 3.8) is 0 Å². The molecule has 0 bridgehead atoms. The summed E-state index contributed by atoms with van der Waals surface area (Å²) in [6.45, 7) is 3.86. The molecule has 0 atom stereocenters. The lowest BCUT2D eigenvalue weighted by atomic mass is 10.1. The minimum atomic E-state index is -0.304. The Hall–Kier alpha value is -2.14. The third-order valence-corrected chi connectivity index (χ3v) is 4.75. The topological polar surface area (TPSA) is 44.9 Å². The molecule has 0 aliphatic heterocycles. The molecule has 3 nitrogen and oxygen atoms in total. The molecular weight excluding hydrogens is 359 g/mol. The molecule has 1 amide bonds. The van der Waals surface area contributed by atoms with Gasteiger partial charge in [-0.2, -0.15) is 0 Å². The van der Waals surface area contributed by atoms with E-state index in [-0.39, 0.29) is 18.1 Å². The normalized spacial score (nSPS) is 11.0. The summed E-state index contributed by atoms with van der Waals surface area (Å²) in [6, 6.07) is 10.2. The maximum absolute atomic E-state index is 13.5. The van der Waals surface area contributed by atoms with E-state index < -0.39 is 0 Å². The Bertz CT molecular complexity index is 901. The zero-order chi connectivity index (χ0) is 16.6. The van der Waals surface area contributed by atoms with Gasteiger partial charge in [-0.1, -0.05) is 15.9 Å². The van der Waals surface area contributed by atoms with Gasteiger partial charge in [-0.15, -0.1) is 0 Å². The first-order chi connectivity index (χ1) is 10.9. The van der Waals surface area contributed by atoms with E-state index in [1.54, 1.807) is 6.07 Å². The standard InChI is InChI=1S/C18H16BrFN2O/c1-10-7-13(4-5-16(10)19)22-18(23)9-14-11(2)21-17-6-3-12(20)8-15(14)17/h3-8,21H,9H2,1-2H3,(H,22,23).